The fraction of sp³-hybridized carbons (Fsp3) is 0.105. The van der Waals surface area contributed by atoms with Gasteiger partial charge in [0.05, 0.1) is 16.3 Å². The molecule has 0 fully saturated rings. The molecule has 26 heavy (non-hydrogen) atoms. The summed E-state index contributed by atoms with van der Waals surface area (Å²) in [6.07, 6.45) is 1.13. The van der Waals surface area contributed by atoms with Gasteiger partial charge in [-0.2, -0.15) is 0 Å². The van der Waals surface area contributed by atoms with Crippen molar-refractivity contribution in [2.24, 2.45) is 0 Å². The molecule has 0 bridgehead atoms. The van der Waals surface area contributed by atoms with Crippen molar-refractivity contribution < 1.29 is 13.2 Å². The quantitative estimate of drug-likeness (QED) is 0.664. The number of hydrogen-bond donors (Lipinski definition) is 2. The lowest BCUT2D eigenvalue weighted by Gasteiger charge is -2.10. The number of aryl methyl sites for hydroxylation is 1. The van der Waals surface area contributed by atoms with Crippen molar-refractivity contribution in [3.05, 3.63) is 65.0 Å². The molecule has 0 spiro atoms. The summed E-state index contributed by atoms with van der Waals surface area (Å²) in [5.74, 6) is -0.351. The van der Waals surface area contributed by atoms with E-state index in [2.05, 4.69) is 16.8 Å². The molecule has 0 saturated carbocycles. The van der Waals surface area contributed by atoms with E-state index in [1.54, 1.807) is 17.4 Å². The normalized spacial score (nSPS) is 11.3. The Morgan fingerprint density at radius 3 is 2.35 bits per heavy atom. The van der Waals surface area contributed by atoms with Gasteiger partial charge in [-0.1, -0.05) is 6.07 Å². The highest BCUT2D eigenvalue weighted by Gasteiger charge is 2.12. The second-order valence-corrected chi connectivity index (χ2v) is 8.97. The van der Waals surface area contributed by atoms with Crippen LogP contribution in [-0.4, -0.2) is 20.6 Å². The second-order valence-electron chi connectivity index (χ2n) is 6.04. The van der Waals surface area contributed by atoms with Crippen molar-refractivity contribution in [3.63, 3.8) is 0 Å². The van der Waals surface area contributed by atoms with Gasteiger partial charge in [0.25, 0.3) is 5.91 Å². The van der Waals surface area contributed by atoms with Crippen LogP contribution in [0.1, 0.15) is 15.9 Å². The van der Waals surface area contributed by atoms with Crippen LogP contribution in [0, 0.1) is 6.92 Å². The Bertz CT molecular complexity index is 1070. The molecule has 7 heteroatoms. The number of nitrogens with one attached hydrogen (secondary N) is 1. The predicted molar refractivity (Wildman–Crippen MR) is 106 cm³/mol. The van der Waals surface area contributed by atoms with E-state index in [-0.39, 0.29) is 10.8 Å². The maximum absolute atomic E-state index is 12.5. The number of anilines is 2. The summed E-state index contributed by atoms with van der Waals surface area (Å²) in [4.78, 5) is 13.7. The first-order chi connectivity index (χ1) is 12.2. The van der Waals surface area contributed by atoms with Gasteiger partial charge in [-0.25, -0.2) is 8.42 Å². The Morgan fingerprint density at radius 1 is 1.08 bits per heavy atom. The lowest BCUT2D eigenvalue weighted by atomic mass is 10.1. The standard InChI is InChI=1S/C19H18N2O3S2/c1-12-9-18(25-11-12)14-5-8-16(20)17(10-14)21-19(22)13-3-6-15(7-4-13)26(2,23)24/h3-11H,20H2,1-2H3,(H,21,22). The van der Waals surface area contributed by atoms with Gasteiger partial charge >= 0.3 is 0 Å². The summed E-state index contributed by atoms with van der Waals surface area (Å²) in [6.45, 7) is 2.03. The van der Waals surface area contributed by atoms with Crippen molar-refractivity contribution in [1.82, 2.24) is 0 Å². The molecule has 5 nitrogen and oxygen atoms in total. The fourth-order valence-electron chi connectivity index (χ4n) is 2.45. The smallest absolute Gasteiger partial charge is 0.255 e. The highest BCUT2D eigenvalue weighted by atomic mass is 32.2. The SMILES string of the molecule is Cc1csc(-c2ccc(N)c(NC(=O)c3ccc(S(C)(=O)=O)cc3)c2)c1. The molecular weight excluding hydrogens is 368 g/mol. The highest BCUT2D eigenvalue weighted by molar-refractivity contribution is 7.90. The van der Waals surface area contributed by atoms with Crippen LogP contribution in [0.15, 0.2) is 58.8 Å². The predicted octanol–water partition coefficient (Wildman–Crippen LogP) is 3.96. The fourth-order valence-corrected chi connectivity index (χ4v) is 3.98. The summed E-state index contributed by atoms with van der Waals surface area (Å²) in [7, 11) is -3.30. The molecular formula is C19H18N2O3S2. The van der Waals surface area contributed by atoms with Gasteiger partial charge in [-0.15, -0.1) is 11.3 Å². The van der Waals surface area contributed by atoms with Crippen LogP contribution in [0.2, 0.25) is 0 Å². The highest BCUT2D eigenvalue weighted by Crippen LogP contribution is 2.31. The molecule has 1 heterocycles. The molecule has 1 aromatic heterocycles. The number of hydrogen-bond acceptors (Lipinski definition) is 5. The van der Waals surface area contributed by atoms with E-state index >= 15 is 0 Å². The van der Waals surface area contributed by atoms with Crippen LogP contribution in [0.4, 0.5) is 11.4 Å². The molecule has 0 saturated heterocycles. The lowest BCUT2D eigenvalue weighted by Crippen LogP contribution is -2.13. The van der Waals surface area contributed by atoms with E-state index < -0.39 is 9.84 Å². The minimum atomic E-state index is -3.30. The zero-order valence-electron chi connectivity index (χ0n) is 14.3. The average molecular weight is 386 g/mol. The topological polar surface area (TPSA) is 89.3 Å². The van der Waals surface area contributed by atoms with Crippen LogP contribution in [-0.2, 0) is 9.84 Å². The van der Waals surface area contributed by atoms with Crippen molar-refractivity contribution >= 4 is 38.5 Å². The van der Waals surface area contributed by atoms with Gasteiger partial charge in [0, 0.05) is 16.7 Å². The first-order valence-corrected chi connectivity index (χ1v) is 10.6. The van der Waals surface area contributed by atoms with Crippen LogP contribution in [0.5, 0.6) is 0 Å². The second kappa shape index (κ2) is 6.93. The van der Waals surface area contributed by atoms with Crippen LogP contribution >= 0.6 is 11.3 Å². The number of thiophene rings is 1. The monoisotopic (exact) mass is 386 g/mol. The van der Waals surface area contributed by atoms with Crippen molar-refractivity contribution in [3.8, 4) is 10.4 Å². The maximum atomic E-state index is 12.5. The Balaban J connectivity index is 1.85. The molecule has 0 atom stereocenters. The third-order valence-corrected chi connectivity index (χ3v) is 6.09. The number of rotatable bonds is 4. The number of benzene rings is 2. The van der Waals surface area contributed by atoms with Gasteiger partial charge < -0.3 is 11.1 Å². The first-order valence-electron chi connectivity index (χ1n) is 7.80. The van der Waals surface area contributed by atoms with Gasteiger partial charge in [0.2, 0.25) is 0 Å². The minimum Gasteiger partial charge on any atom is -0.397 e. The van der Waals surface area contributed by atoms with Crippen molar-refractivity contribution in [2.75, 3.05) is 17.3 Å². The minimum absolute atomic E-state index is 0.170. The van der Waals surface area contributed by atoms with Crippen molar-refractivity contribution in [2.45, 2.75) is 11.8 Å². The van der Waals surface area contributed by atoms with Crippen LogP contribution < -0.4 is 11.1 Å². The van der Waals surface area contributed by atoms with Crippen LogP contribution in [0.25, 0.3) is 10.4 Å². The molecule has 0 unspecified atom stereocenters. The molecule has 0 radical (unpaired) electrons. The molecule has 134 valence electrons. The Morgan fingerprint density at radius 2 is 1.77 bits per heavy atom. The van der Waals surface area contributed by atoms with E-state index in [9.17, 15) is 13.2 Å². The van der Waals surface area contributed by atoms with E-state index in [0.717, 1.165) is 16.7 Å². The largest absolute Gasteiger partial charge is 0.397 e. The molecule has 2 aromatic carbocycles. The Hall–Kier alpha value is -2.64. The summed E-state index contributed by atoms with van der Waals surface area (Å²) in [6, 6.07) is 13.4. The van der Waals surface area contributed by atoms with Gasteiger partial charge in [-0.3, -0.25) is 4.79 Å². The zero-order valence-corrected chi connectivity index (χ0v) is 15.9. The number of sulfone groups is 1. The molecule has 1 amide bonds. The number of carbonyl (C=O) groups excluding carboxylic acids is 1. The number of amides is 1. The van der Waals surface area contributed by atoms with E-state index in [4.69, 9.17) is 5.73 Å². The zero-order chi connectivity index (χ0) is 18.9. The summed E-state index contributed by atoms with van der Waals surface area (Å²) in [5, 5.41) is 4.86. The van der Waals surface area contributed by atoms with Crippen LogP contribution in [0.3, 0.4) is 0 Å². The van der Waals surface area contributed by atoms with Gasteiger partial charge in [-0.05, 0) is 65.9 Å². The number of carbonyl (C=O) groups is 1. The van der Waals surface area contributed by atoms with Gasteiger partial charge in [0.1, 0.15) is 0 Å². The molecule has 3 aromatic rings. The Kier molecular flexibility index (Phi) is 4.84. The van der Waals surface area contributed by atoms with E-state index in [0.29, 0.717) is 16.9 Å². The van der Waals surface area contributed by atoms with Gasteiger partial charge in [0.15, 0.2) is 9.84 Å². The third kappa shape index (κ3) is 3.95. The lowest BCUT2D eigenvalue weighted by molar-refractivity contribution is 0.102. The van der Waals surface area contributed by atoms with E-state index in [1.807, 2.05) is 19.1 Å². The molecule has 3 N–H and O–H groups in total. The maximum Gasteiger partial charge on any atom is 0.255 e. The summed E-state index contributed by atoms with van der Waals surface area (Å²) in [5.41, 5.74) is 9.48. The van der Waals surface area contributed by atoms with E-state index in [1.165, 1.54) is 29.8 Å². The molecule has 0 aliphatic carbocycles. The first kappa shape index (κ1) is 18.2. The number of nitrogens with two attached hydrogens (primary N) is 1. The molecule has 0 aliphatic rings. The average Bonchev–Trinajstić information content (AvgIpc) is 3.02. The molecule has 0 aliphatic heterocycles. The third-order valence-electron chi connectivity index (χ3n) is 3.86. The Labute approximate surface area is 156 Å². The summed E-state index contributed by atoms with van der Waals surface area (Å²) < 4.78 is 23.0. The number of nitrogen functional groups attached to an aromatic ring is 1. The van der Waals surface area contributed by atoms with Crippen molar-refractivity contribution in [1.29, 1.82) is 0 Å². The summed E-state index contributed by atoms with van der Waals surface area (Å²) >= 11 is 1.63. The molecule has 3 rings (SSSR count).